The Bertz CT molecular complexity index is 436. The SMILES string of the molecule is CC(C)C1CCC(=O)C(Cc2ncnn2C(C)C)C1. The van der Waals surface area contributed by atoms with Crippen molar-refractivity contribution < 1.29 is 4.79 Å². The molecule has 106 valence electrons. The third kappa shape index (κ3) is 3.23. The van der Waals surface area contributed by atoms with Crippen LogP contribution in [0.4, 0.5) is 0 Å². The van der Waals surface area contributed by atoms with Crippen molar-refractivity contribution in [2.75, 3.05) is 0 Å². The van der Waals surface area contributed by atoms with Gasteiger partial charge in [-0.1, -0.05) is 13.8 Å². The molecule has 4 heteroatoms. The molecule has 1 heterocycles. The lowest BCUT2D eigenvalue weighted by molar-refractivity contribution is -0.126. The topological polar surface area (TPSA) is 47.8 Å². The maximum absolute atomic E-state index is 12.1. The molecule has 0 saturated heterocycles. The summed E-state index contributed by atoms with van der Waals surface area (Å²) in [4.78, 5) is 16.4. The van der Waals surface area contributed by atoms with Crippen molar-refractivity contribution in [2.24, 2.45) is 17.8 Å². The minimum Gasteiger partial charge on any atom is -0.299 e. The maximum atomic E-state index is 12.1. The van der Waals surface area contributed by atoms with Gasteiger partial charge in [-0.25, -0.2) is 9.67 Å². The van der Waals surface area contributed by atoms with Crippen molar-refractivity contribution in [1.29, 1.82) is 0 Å². The zero-order valence-corrected chi connectivity index (χ0v) is 12.5. The highest BCUT2D eigenvalue weighted by molar-refractivity contribution is 5.81. The number of hydrogen-bond donors (Lipinski definition) is 0. The third-order valence-corrected chi connectivity index (χ3v) is 4.31. The molecule has 1 saturated carbocycles. The Morgan fingerprint density at radius 2 is 2.11 bits per heavy atom. The minimum atomic E-state index is 0.142. The molecule has 0 bridgehead atoms. The molecule has 1 aliphatic carbocycles. The highest BCUT2D eigenvalue weighted by Crippen LogP contribution is 2.33. The molecule has 2 atom stereocenters. The number of ketones is 1. The van der Waals surface area contributed by atoms with Gasteiger partial charge in [0.05, 0.1) is 0 Å². The van der Waals surface area contributed by atoms with Crippen molar-refractivity contribution in [3.05, 3.63) is 12.2 Å². The average Bonchev–Trinajstić information content (AvgIpc) is 2.80. The van der Waals surface area contributed by atoms with E-state index in [1.807, 2.05) is 4.68 Å². The van der Waals surface area contributed by atoms with Gasteiger partial charge in [-0.05, 0) is 38.5 Å². The molecule has 1 aromatic heterocycles. The summed E-state index contributed by atoms with van der Waals surface area (Å²) in [6.07, 6.45) is 5.16. The summed E-state index contributed by atoms with van der Waals surface area (Å²) < 4.78 is 1.94. The van der Waals surface area contributed by atoms with E-state index in [0.717, 1.165) is 31.5 Å². The predicted octanol–water partition coefficient (Wildman–Crippen LogP) is 3.04. The minimum absolute atomic E-state index is 0.142. The van der Waals surface area contributed by atoms with Gasteiger partial charge in [0.2, 0.25) is 0 Å². The fourth-order valence-corrected chi connectivity index (χ4v) is 3.02. The van der Waals surface area contributed by atoms with Gasteiger partial charge < -0.3 is 0 Å². The summed E-state index contributed by atoms with van der Waals surface area (Å²) in [6.45, 7) is 8.71. The summed E-state index contributed by atoms with van der Waals surface area (Å²) in [6, 6.07) is 0.303. The van der Waals surface area contributed by atoms with Gasteiger partial charge in [-0.15, -0.1) is 0 Å². The van der Waals surface area contributed by atoms with E-state index in [4.69, 9.17) is 0 Å². The second-order valence-corrected chi connectivity index (χ2v) is 6.36. The van der Waals surface area contributed by atoms with E-state index >= 15 is 0 Å². The molecular weight excluding hydrogens is 238 g/mol. The molecule has 0 spiro atoms. The van der Waals surface area contributed by atoms with E-state index in [0.29, 0.717) is 23.7 Å². The van der Waals surface area contributed by atoms with Gasteiger partial charge in [-0.3, -0.25) is 4.79 Å². The van der Waals surface area contributed by atoms with Crippen LogP contribution in [0.25, 0.3) is 0 Å². The first-order valence-electron chi connectivity index (χ1n) is 7.40. The lowest BCUT2D eigenvalue weighted by Crippen LogP contribution is -2.30. The normalized spacial score (nSPS) is 24.4. The molecule has 19 heavy (non-hydrogen) atoms. The highest BCUT2D eigenvalue weighted by Gasteiger charge is 2.31. The van der Waals surface area contributed by atoms with E-state index < -0.39 is 0 Å². The number of nitrogens with zero attached hydrogens (tertiary/aromatic N) is 3. The van der Waals surface area contributed by atoms with Crippen molar-refractivity contribution in [3.63, 3.8) is 0 Å². The smallest absolute Gasteiger partial charge is 0.138 e. The second kappa shape index (κ2) is 5.85. The molecule has 4 nitrogen and oxygen atoms in total. The Balaban J connectivity index is 2.08. The molecule has 0 radical (unpaired) electrons. The molecule has 1 aromatic rings. The fraction of sp³-hybridized carbons (Fsp3) is 0.800. The van der Waals surface area contributed by atoms with Crippen molar-refractivity contribution in [2.45, 2.75) is 59.4 Å². The molecular formula is C15H25N3O. The van der Waals surface area contributed by atoms with Gasteiger partial charge in [-0.2, -0.15) is 5.10 Å². The van der Waals surface area contributed by atoms with Crippen LogP contribution in [-0.2, 0) is 11.2 Å². The van der Waals surface area contributed by atoms with Crippen LogP contribution in [0.15, 0.2) is 6.33 Å². The van der Waals surface area contributed by atoms with Crippen LogP contribution in [0.3, 0.4) is 0 Å². The van der Waals surface area contributed by atoms with E-state index in [-0.39, 0.29) is 5.92 Å². The van der Waals surface area contributed by atoms with Crippen LogP contribution < -0.4 is 0 Å². The maximum Gasteiger partial charge on any atom is 0.138 e. The molecule has 2 rings (SSSR count). The Morgan fingerprint density at radius 1 is 1.37 bits per heavy atom. The first kappa shape index (κ1) is 14.2. The summed E-state index contributed by atoms with van der Waals surface area (Å²) in [5.41, 5.74) is 0. The summed E-state index contributed by atoms with van der Waals surface area (Å²) in [7, 11) is 0. The van der Waals surface area contributed by atoms with Crippen LogP contribution in [0.1, 0.15) is 58.8 Å². The largest absolute Gasteiger partial charge is 0.299 e. The van der Waals surface area contributed by atoms with Crippen LogP contribution >= 0.6 is 0 Å². The number of carbonyl (C=O) groups excluding carboxylic acids is 1. The molecule has 0 N–H and O–H groups in total. The first-order chi connectivity index (χ1) is 8.99. The van der Waals surface area contributed by atoms with E-state index in [1.165, 1.54) is 0 Å². The number of Topliss-reactive ketones (excluding diaryl/α,β-unsaturated/α-hetero) is 1. The standard InChI is InChI=1S/C15H25N3O/c1-10(2)12-5-6-14(19)13(7-12)8-15-16-9-17-18(15)11(3)4/h9-13H,5-8H2,1-4H3. The third-order valence-electron chi connectivity index (χ3n) is 4.31. The van der Waals surface area contributed by atoms with E-state index in [9.17, 15) is 4.79 Å². The fourth-order valence-electron chi connectivity index (χ4n) is 3.02. The van der Waals surface area contributed by atoms with Gasteiger partial charge in [0.25, 0.3) is 0 Å². The monoisotopic (exact) mass is 263 g/mol. The summed E-state index contributed by atoms with van der Waals surface area (Å²) in [5.74, 6) is 2.85. The lowest BCUT2D eigenvalue weighted by atomic mass is 9.74. The van der Waals surface area contributed by atoms with Gasteiger partial charge in [0.15, 0.2) is 0 Å². The average molecular weight is 263 g/mol. The Labute approximate surface area is 115 Å². The van der Waals surface area contributed by atoms with E-state index in [1.54, 1.807) is 6.33 Å². The van der Waals surface area contributed by atoms with Gasteiger partial charge >= 0.3 is 0 Å². The summed E-state index contributed by atoms with van der Waals surface area (Å²) in [5, 5.41) is 4.25. The van der Waals surface area contributed by atoms with Crippen molar-refractivity contribution in [3.8, 4) is 0 Å². The Morgan fingerprint density at radius 3 is 2.74 bits per heavy atom. The number of hydrogen-bond acceptors (Lipinski definition) is 3. The van der Waals surface area contributed by atoms with Crippen LogP contribution in [0.2, 0.25) is 0 Å². The number of carbonyl (C=O) groups is 1. The van der Waals surface area contributed by atoms with Crippen molar-refractivity contribution >= 4 is 5.78 Å². The molecule has 0 aliphatic heterocycles. The molecule has 0 amide bonds. The van der Waals surface area contributed by atoms with E-state index in [2.05, 4.69) is 37.8 Å². The Kier molecular flexibility index (Phi) is 4.38. The summed E-state index contributed by atoms with van der Waals surface area (Å²) >= 11 is 0. The molecule has 2 unspecified atom stereocenters. The lowest BCUT2D eigenvalue weighted by Gasteiger charge is -2.30. The predicted molar refractivity (Wildman–Crippen MR) is 74.8 cm³/mol. The second-order valence-electron chi connectivity index (χ2n) is 6.36. The quantitative estimate of drug-likeness (QED) is 0.839. The van der Waals surface area contributed by atoms with Crippen LogP contribution in [0.5, 0.6) is 0 Å². The van der Waals surface area contributed by atoms with Gasteiger partial charge in [0.1, 0.15) is 17.9 Å². The van der Waals surface area contributed by atoms with Gasteiger partial charge in [0, 0.05) is 24.8 Å². The highest BCUT2D eigenvalue weighted by atomic mass is 16.1. The number of rotatable bonds is 4. The Hall–Kier alpha value is -1.19. The zero-order valence-electron chi connectivity index (χ0n) is 12.5. The van der Waals surface area contributed by atoms with Crippen molar-refractivity contribution in [1.82, 2.24) is 14.8 Å². The van der Waals surface area contributed by atoms with Crippen LogP contribution in [-0.4, -0.2) is 20.5 Å². The zero-order chi connectivity index (χ0) is 14.0. The van der Waals surface area contributed by atoms with Crippen LogP contribution in [0, 0.1) is 17.8 Å². The molecule has 1 aliphatic rings. The molecule has 0 aromatic carbocycles. The first-order valence-corrected chi connectivity index (χ1v) is 7.40. The number of aromatic nitrogens is 3. The molecule has 1 fully saturated rings.